The van der Waals surface area contributed by atoms with E-state index in [-0.39, 0.29) is 10.8 Å². The van der Waals surface area contributed by atoms with Crippen LogP contribution >= 0.6 is 0 Å². The van der Waals surface area contributed by atoms with Crippen LogP contribution in [0, 0.1) is 0 Å². The van der Waals surface area contributed by atoms with Crippen LogP contribution in [-0.2, 0) is 5.41 Å². The van der Waals surface area contributed by atoms with E-state index in [4.69, 9.17) is 4.42 Å². The van der Waals surface area contributed by atoms with Crippen molar-refractivity contribution in [3.8, 4) is 27.9 Å². The minimum Gasteiger partial charge on any atom is -0.456 e. The summed E-state index contributed by atoms with van der Waals surface area (Å²) in [5, 5.41) is 3.60. The highest BCUT2D eigenvalue weighted by molar-refractivity contribution is 6.12. The Hall–Kier alpha value is -5.41. The molecule has 8 aromatic rings. The predicted octanol–water partition coefficient (Wildman–Crippen LogP) is 10.0. The van der Waals surface area contributed by atoms with Crippen LogP contribution in [0.15, 0.2) is 137 Å². The molecule has 0 unspecified atom stereocenters. The van der Waals surface area contributed by atoms with Gasteiger partial charge in [-0.15, -0.1) is 0 Å². The maximum absolute atomic E-state index is 13.9. The van der Waals surface area contributed by atoms with Crippen molar-refractivity contribution in [2.24, 2.45) is 0 Å². The van der Waals surface area contributed by atoms with E-state index >= 15 is 0 Å². The van der Waals surface area contributed by atoms with Crippen molar-refractivity contribution in [1.82, 2.24) is 4.57 Å². The molecule has 6 aromatic carbocycles. The van der Waals surface area contributed by atoms with Crippen LogP contribution in [0.3, 0.4) is 0 Å². The van der Waals surface area contributed by atoms with Crippen molar-refractivity contribution in [2.45, 2.75) is 19.3 Å². The first-order chi connectivity index (χ1) is 21.0. The summed E-state index contributed by atoms with van der Waals surface area (Å²) in [4.78, 5) is 13.9. The number of hydrogen-bond acceptors (Lipinski definition) is 2. The van der Waals surface area contributed by atoms with Gasteiger partial charge in [0.1, 0.15) is 11.2 Å². The molecule has 0 saturated heterocycles. The molecule has 0 atom stereocenters. The first kappa shape index (κ1) is 24.2. The maximum atomic E-state index is 13.9. The molecule has 43 heavy (non-hydrogen) atoms. The lowest BCUT2D eigenvalue weighted by atomic mass is 9.82. The van der Waals surface area contributed by atoms with E-state index < -0.39 is 0 Å². The van der Waals surface area contributed by atoms with E-state index in [0.29, 0.717) is 21.9 Å². The Morgan fingerprint density at radius 1 is 0.558 bits per heavy atom. The summed E-state index contributed by atoms with van der Waals surface area (Å²) in [7, 11) is 0. The van der Waals surface area contributed by atoms with Gasteiger partial charge in [-0.1, -0.05) is 98.8 Å². The number of nitrogens with zero attached hydrogens (tertiary/aromatic N) is 1. The van der Waals surface area contributed by atoms with Crippen molar-refractivity contribution in [2.75, 3.05) is 0 Å². The van der Waals surface area contributed by atoms with Crippen molar-refractivity contribution >= 4 is 43.7 Å². The zero-order valence-electron chi connectivity index (χ0n) is 23.9. The minimum atomic E-state index is -0.119. The highest BCUT2D eigenvalue weighted by Gasteiger charge is 2.36. The summed E-state index contributed by atoms with van der Waals surface area (Å²) in [6.45, 7) is 4.64. The number of fused-ring (bicyclic) bond motifs is 8. The Kier molecular flexibility index (Phi) is 4.82. The molecule has 2 aromatic heterocycles. The summed E-state index contributed by atoms with van der Waals surface area (Å²) in [5.74, 6) is 0. The molecule has 9 rings (SSSR count). The molecule has 1 aliphatic carbocycles. The van der Waals surface area contributed by atoms with Crippen LogP contribution in [0.25, 0.3) is 71.7 Å². The molecule has 204 valence electrons. The smallest absolute Gasteiger partial charge is 0.201 e. The summed E-state index contributed by atoms with van der Waals surface area (Å²) in [6, 6.07) is 44.0. The van der Waals surface area contributed by atoms with E-state index in [0.717, 1.165) is 27.8 Å². The van der Waals surface area contributed by atoms with E-state index in [1.54, 1.807) is 0 Å². The third kappa shape index (κ3) is 3.28. The third-order valence-electron chi connectivity index (χ3n) is 9.38. The Morgan fingerprint density at radius 3 is 2.14 bits per heavy atom. The van der Waals surface area contributed by atoms with Gasteiger partial charge in [0.15, 0.2) is 0 Å². The van der Waals surface area contributed by atoms with E-state index in [9.17, 15) is 4.79 Å². The molecule has 0 amide bonds. The Bertz CT molecular complexity index is 2500. The van der Waals surface area contributed by atoms with E-state index in [1.807, 2.05) is 48.5 Å². The maximum Gasteiger partial charge on any atom is 0.201 e. The fraction of sp³-hybridized carbons (Fsp3) is 0.0750. The average molecular weight is 554 g/mol. The van der Waals surface area contributed by atoms with Crippen LogP contribution in [0.5, 0.6) is 0 Å². The van der Waals surface area contributed by atoms with Crippen molar-refractivity contribution in [3.05, 3.63) is 149 Å². The zero-order valence-corrected chi connectivity index (χ0v) is 23.9. The fourth-order valence-corrected chi connectivity index (χ4v) is 7.33. The van der Waals surface area contributed by atoms with E-state index in [1.165, 1.54) is 33.0 Å². The van der Waals surface area contributed by atoms with Crippen molar-refractivity contribution < 1.29 is 4.42 Å². The average Bonchev–Trinajstić information content (AvgIpc) is 3.48. The van der Waals surface area contributed by atoms with Gasteiger partial charge in [0, 0.05) is 22.3 Å². The highest BCUT2D eigenvalue weighted by atomic mass is 16.3. The molecule has 1 aliphatic rings. The number of hydrogen-bond donors (Lipinski definition) is 0. The van der Waals surface area contributed by atoms with Gasteiger partial charge in [0.25, 0.3) is 0 Å². The molecule has 3 nitrogen and oxygen atoms in total. The summed E-state index contributed by atoms with van der Waals surface area (Å²) in [6.07, 6.45) is 0. The molecule has 2 heterocycles. The van der Waals surface area contributed by atoms with Crippen LogP contribution < -0.4 is 5.43 Å². The summed E-state index contributed by atoms with van der Waals surface area (Å²) >= 11 is 0. The van der Waals surface area contributed by atoms with Gasteiger partial charge >= 0.3 is 0 Å². The largest absolute Gasteiger partial charge is 0.456 e. The summed E-state index contributed by atoms with van der Waals surface area (Å²) in [5.41, 5.74) is 11.4. The monoisotopic (exact) mass is 553 g/mol. The topological polar surface area (TPSA) is 35.1 Å². The Balaban J connectivity index is 1.42. The molecule has 3 heteroatoms. The SMILES string of the molecule is CC1(C)c2ccccc2-c2cc3c4ccccc4n(-c4cc(-c5ccccc5)c5c(=O)c6ccccc6oc5c4)c3cc21. The fourth-order valence-electron chi connectivity index (χ4n) is 7.33. The number of aromatic nitrogens is 1. The van der Waals surface area contributed by atoms with E-state index in [2.05, 4.69) is 97.3 Å². The van der Waals surface area contributed by atoms with Crippen LogP contribution in [0.2, 0.25) is 0 Å². The Morgan fingerprint density at radius 2 is 1.28 bits per heavy atom. The van der Waals surface area contributed by atoms with Crippen LogP contribution in [0.1, 0.15) is 25.0 Å². The third-order valence-corrected chi connectivity index (χ3v) is 9.38. The second-order valence-electron chi connectivity index (χ2n) is 12.1. The lowest BCUT2D eigenvalue weighted by molar-refractivity contribution is 0.659. The normalized spacial score (nSPS) is 13.6. The minimum absolute atomic E-state index is 0.0122. The molecule has 0 saturated carbocycles. The molecular formula is C40H27NO2. The van der Waals surface area contributed by atoms with Crippen LogP contribution in [0.4, 0.5) is 0 Å². The quantitative estimate of drug-likeness (QED) is 0.200. The van der Waals surface area contributed by atoms with Gasteiger partial charge in [0.2, 0.25) is 5.43 Å². The lowest BCUT2D eigenvalue weighted by Crippen LogP contribution is -2.15. The number of rotatable bonds is 2. The van der Waals surface area contributed by atoms with Gasteiger partial charge in [-0.05, 0) is 69.8 Å². The molecule has 0 bridgehead atoms. The molecular weight excluding hydrogens is 526 g/mol. The number of benzene rings is 6. The molecule has 0 spiro atoms. The van der Waals surface area contributed by atoms with Gasteiger partial charge in [-0.2, -0.15) is 0 Å². The molecule has 0 N–H and O–H groups in total. The molecule has 0 aliphatic heterocycles. The Labute approximate surface area is 248 Å². The second kappa shape index (κ2) is 8.56. The first-order valence-corrected chi connectivity index (χ1v) is 14.7. The second-order valence-corrected chi connectivity index (χ2v) is 12.1. The van der Waals surface area contributed by atoms with Gasteiger partial charge < -0.3 is 8.98 Å². The summed E-state index contributed by atoms with van der Waals surface area (Å²) < 4.78 is 8.83. The van der Waals surface area contributed by atoms with Crippen molar-refractivity contribution in [3.63, 3.8) is 0 Å². The van der Waals surface area contributed by atoms with Gasteiger partial charge in [0.05, 0.1) is 27.5 Å². The van der Waals surface area contributed by atoms with Crippen molar-refractivity contribution in [1.29, 1.82) is 0 Å². The predicted molar refractivity (Wildman–Crippen MR) is 177 cm³/mol. The lowest BCUT2D eigenvalue weighted by Gasteiger charge is -2.21. The van der Waals surface area contributed by atoms with Gasteiger partial charge in [-0.25, -0.2) is 0 Å². The number of para-hydroxylation sites is 2. The standard InChI is InChI=1S/C40H27NO2/c1-40(2)32-17-9-6-14-26(32)30-22-31-27-15-7-10-18-34(27)41(35(31)23-33(30)40)25-20-29(24-12-4-3-5-13-24)38-37(21-25)43-36-19-11-8-16-28(36)39(38)42/h3-23H,1-2H3. The zero-order chi connectivity index (χ0) is 28.9. The van der Waals surface area contributed by atoms with Crippen LogP contribution in [-0.4, -0.2) is 4.57 Å². The molecule has 0 radical (unpaired) electrons. The van der Waals surface area contributed by atoms with Gasteiger partial charge in [-0.3, -0.25) is 4.79 Å². The molecule has 0 fully saturated rings. The first-order valence-electron chi connectivity index (χ1n) is 14.7. The highest BCUT2D eigenvalue weighted by Crippen LogP contribution is 2.51.